The van der Waals surface area contributed by atoms with Crippen LogP contribution in [0.25, 0.3) is 0 Å². The smallest absolute Gasteiger partial charge is 0.335 e. The zero-order valence-corrected chi connectivity index (χ0v) is 10.3. The number of hydrogen-bond donors (Lipinski definition) is 2. The fourth-order valence-electron chi connectivity index (χ4n) is 1.41. The molecule has 0 atom stereocenters. The lowest BCUT2D eigenvalue weighted by Gasteiger charge is -2.08. The number of halogens is 1. The number of carboxylic acid groups (broad SMARTS) is 1. The first kappa shape index (κ1) is 13.0. The Bertz CT molecular complexity index is 612. The predicted octanol–water partition coefficient (Wildman–Crippen LogP) is 1.27. The summed E-state index contributed by atoms with van der Waals surface area (Å²) < 4.78 is 1.34. The van der Waals surface area contributed by atoms with Crippen LogP contribution in [0.2, 0.25) is 5.02 Å². The molecule has 1 amide bonds. The van der Waals surface area contributed by atoms with Crippen molar-refractivity contribution in [3.63, 3.8) is 0 Å². The average molecular weight is 281 g/mol. The van der Waals surface area contributed by atoms with E-state index < -0.39 is 5.97 Å². The molecule has 0 bridgehead atoms. The summed E-state index contributed by atoms with van der Waals surface area (Å²) >= 11 is 5.88. The second kappa shape index (κ2) is 5.49. The fourth-order valence-corrected chi connectivity index (χ4v) is 1.57. The van der Waals surface area contributed by atoms with E-state index >= 15 is 0 Å². The van der Waals surface area contributed by atoms with Gasteiger partial charge in [-0.25, -0.2) is 14.5 Å². The molecule has 1 heterocycles. The quantitative estimate of drug-likeness (QED) is 0.879. The first-order chi connectivity index (χ1) is 9.06. The van der Waals surface area contributed by atoms with Crippen molar-refractivity contribution < 1.29 is 14.7 Å². The molecule has 0 spiro atoms. The molecule has 2 rings (SSSR count). The number of amides is 1. The number of rotatable bonds is 4. The number of nitrogens with zero attached hydrogens (tertiary/aromatic N) is 3. The molecule has 0 saturated heterocycles. The third-order valence-electron chi connectivity index (χ3n) is 2.26. The molecular formula is C11H9ClN4O3. The van der Waals surface area contributed by atoms with Gasteiger partial charge >= 0.3 is 5.97 Å². The first-order valence-corrected chi connectivity index (χ1v) is 5.59. The SMILES string of the molecule is O=C(Cn1cncn1)Nc1cc(C(=O)O)ccc1Cl. The maximum atomic E-state index is 11.7. The van der Waals surface area contributed by atoms with E-state index in [1.54, 1.807) is 0 Å². The summed E-state index contributed by atoms with van der Waals surface area (Å²) in [5.41, 5.74) is 0.284. The minimum atomic E-state index is -1.09. The third-order valence-corrected chi connectivity index (χ3v) is 2.59. The van der Waals surface area contributed by atoms with Crippen LogP contribution in [-0.4, -0.2) is 31.7 Å². The average Bonchev–Trinajstić information content (AvgIpc) is 2.84. The van der Waals surface area contributed by atoms with E-state index in [0.717, 1.165) is 0 Å². The molecule has 2 aromatic rings. The van der Waals surface area contributed by atoms with Gasteiger partial charge in [-0.15, -0.1) is 0 Å². The van der Waals surface area contributed by atoms with E-state index in [1.807, 2.05) is 0 Å². The molecular weight excluding hydrogens is 272 g/mol. The number of nitrogens with one attached hydrogen (secondary N) is 1. The van der Waals surface area contributed by atoms with Crippen molar-refractivity contribution in [1.82, 2.24) is 14.8 Å². The maximum absolute atomic E-state index is 11.7. The monoisotopic (exact) mass is 280 g/mol. The number of anilines is 1. The summed E-state index contributed by atoms with van der Waals surface area (Å²) in [7, 11) is 0. The maximum Gasteiger partial charge on any atom is 0.335 e. The molecule has 0 aliphatic rings. The summed E-state index contributed by atoms with van der Waals surface area (Å²) in [5, 5.41) is 15.4. The van der Waals surface area contributed by atoms with Gasteiger partial charge in [-0.05, 0) is 18.2 Å². The second-order valence-corrected chi connectivity index (χ2v) is 4.05. The highest BCUT2D eigenvalue weighted by molar-refractivity contribution is 6.33. The summed E-state index contributed by atoms with van der Waals surface area (Å²) in [6.45, 7) is -0.0341. The Morgan fingerprint density at radius 2 is 2.21 bits per heavy atom. The number of benzene rings is 1. The molecule has 1 aromatic carbocycles. The van der Waals surface area contributed by atoms with E-state index in [4.69, 9.17) is 16.7 Å². The molecule has 0 aliphatic heterocycles. The van der Waals surface area contributed by atoms with E-state index in [9.17, 15) is 9.59 Å². The Balaban J connectivity index is 2.11. The number of aromatic carboxylic acids is 1. The Labute approximate surface area is 112 Å². The van der Waals surface area contributed by atoms with Crippen LogP contribution in [0.1, 0.15) is 10.4 Å². The second-order valence-electron chi connectivity index (χ2n) is 3.64. The molecule has 0 radical (unpaired) electrons. The van der Waals surface area contributed by atoms with Crippen LogP contribution in [0.5, 0.6) is 0 Å². The van der Waals surface area contributed by atoms with Crippen LogP contribution in [-0.2, 0) is 11.3 Å². The van der Waals surface area contributed by atoms with Crippen LogP contribution in [0.4, 0.5) is 5.69 Å². The summed E-state index contributed by atoms with van der Waals surface area (Å²) in [4.78, 5) is 26.2. The summed E-state index contributed by atoms with van der Waals surface area (Å²) in [5.74, 6) is -1.47. The van der Waals surface area contributed by atoms with Gasteiger partial charge in [0.1, 0.15) is 19.2 Å². The summed E-state index contributed by atoms with van der Waals surface area (Å²) in [6, 6.07) is 4.07. The lowest BCUT2D eigenvalue weighted by Crippen LogP contribution is -2.19. The number of aromatic nitrogens is 3. The van der Waals surface area contributed by atoms with Crippen molar-refractivity contribution in [2.24, 2.45) is 0 Å². The molecule has 0 unspecified atom stereocenters. The highest BCUT2D eigenvalue weighted by atomic mass is 35.5. The lowest BCUT2D eigenvalue weighted by atomic mass is 10.2. The van der Waals surface area contributed by atoms with Crippen LogP contribution in [0.3, 0.4) is 0 Å². The van der Waals surface area contributed by atoms with E-state index in [-0.39, 0.29) is 28.7 Å². The molecule has 8 heteroatoms. The number of hydrogen-bond acceptors (Lipinski definition) is 4. The Kier molecular flexibility index (Phi) is 3.76. The zero-order valence-electron chi connectivity index (χ0n) is 9.58. The third kappa shape index (κ3) is 3.29. The van der Waals surface area contributed by atoms with Crippen LogP contribution < -0.4 is 5.32 Å². The molecule has 19 heavy (non-hydrogen) atoms. The molecule has 98 valence electrons. The van der Waals surface area contributed by atoms with E-state index in [1.165, 1.54) is 35.5 Å². The summed E-state index contributed by atoms with van der Waals surface area (Å²) in [6.07, 6.45) is 2.71. The van der Waals surface area contributed by atoms with Gasteiger partial charge in [0.2, 0.25) is 5.91 Å². The standard InChI is InChI=1S/C11H9ClN4O3/c12-8-2-1-7(11(18)19)3-9(8)15-10(17)4-16-6-13-5-14-16/h1-3,5-6H,4H2,(H,15,17)(H,18,19). The fraction of sp³-hybridized carbons (Fsp3) is 0.0909. The van der Waals surface area contributed by atoms with Crippen LogP contribution >= 0.6 is 11.6 Å². The van der Waals surface area contributed by atoms with Gasteiger partial charge in [0, 0.05) is 0 Å². The number of carboxylic acids is 1. The van der Waals surface area contributed by atoms with Crippen molar-refractivity contribution in [2.75, 3.05) is 5.32 Å². The van der Waals surface area contributed by atoms with Crippen molar-refractivity contribution >= 4 is 29.2 Å². The normalized spacial score (nSPS) is 10.2. The molecule has 0 saturated carbocycles. The van der Waals surface area contributed by atoms with Gasteiger partial charge in [-0.2, -0.15) is 5.10 Å². The van der Waals surface area contributed by atoms with Gasteiger partial charge in [0.25, 0.3) is 0 Å². The van der Waals surface area contributed by atoms with Gasteiger partial charge in [0.05, 0.1) is 16.3 Å². The van der Waals surface area contributed by atoms with Crippen molar-refractivity contribution in [1.29, 1.82) is 0 Å². The van der Waals surface area contributed by atoms with Gasteiger partial charge < -0.3 is 10.4 Å². The highest BCUT2D eigenvalue weighted by Gasteiger charge is 2.10. The minimum absolute atomic E-state index is 0.0341. The zero-order chi connectivity index (χ0) is 13.8. The Morgan fingerprint density at radius 1 is 1.42 bits per heavy atom. The minimum Gasteiger partial charge on any atom is -0.478 e. The largest absolute Gasteiger partial charge is 0.478 e. The highest BCUT2D eigenvalue weighted by Crippen LogP contribution is 2.23. The lowest BCUT2D eigenvalue weighted by molar-refractivity contribution is -0.116. The van der Waals surface area contributed by atoms with Gasteiger partial charge in [0.15, 0.2) is 0 Å². The molecule has 2 N–H and O–H groups in total. The van der Waals surface area contributed by atoms with Crippen LogP contribution in [0, 0.1) is 0 Å². The van der Waals surface area contributed by atoms with Crippen molar-refractivity contribution in [3.8, 4) is 0 Å². The number of carbonyl (C=O) groups excluding carboxylic acids is 1. The van der Waals surface area contributed by atoms with E-state index in [0.29, 0.717) is 0 Å². The van der Waals surface area contributed by atoms with Crippen molar-refractivity contribution in [3.05, 3.63) is 41.4 Å². The Morgan fingerprint density at radius 3 is 2.84 bits per heavy atom. The molecule has 0 aliphatic carbocycles. The van der Waals surface area contributed by atoms with Crippen LogP contribution in [0.15, 0.2) is 30.9 Å². The Hall–Kier alpha value is -2.41. The molecule has 7 nitrogen and oxygen atoms in total. The first-order valence-electron chi connectivity index (χ1n) is 5.21. The number of carbonyl (C=O) groups is 2. The topological polar surface area (TPSA) is 97.1 Å². The molecule has 0 fully saturated rings. The molecule has 1 aromatic heterocycles. The van der Waals surface area contributed by atoms with Gasteiger partial charge in [-0.1, -0.05) is 11.6 Å². The van der Waals surface area contributed by atoms with Crippen molar-refractivity contribution in [2.45, 2.75) is 6.54 Å². The van der Waals surface area contributed by atoms with Gasteiger partial charge in [-0.3, -0.25) is 4.79 Å². The predicted molar refractivity (Wildman–Crippen MR) is 67.1 cm³/mol. The van der Waals surface area contributed by atoms with E-state index in [2.05, 4.69) is 15.4 Å².